The molecule has 2 rings (SSSR count). The van der Waals surface area contributed by atoms with Crippen molar-refractivity contribution in [3.63, 3.8) is 0 Å². The van der Waals surface area contributed by atoms with Gasteiger partial charge in [-0.25, -0.2) is 9.18 Å². The largest absolute Gasteiger partial charge is 0.478 e. The molecule has 20 heavy (non-hydrogen) atoms. The maximum atomic E-state index is 13.6. The molecule has 0 heterocycles. The molecule has 0 spiro atoms. The molecule has 0 aliphatic heterocycles. The molecule has 0 fully saturated rings. The summed E-state index contributed by atoms with van der Waals surface area (Å²) in [5, 5.41) is 11.3. The number of amides is 1. The third-order valence-corrected chi connectivity index (χ3v) is 2.72. The molecule has 5 heteroatoms. The zero-order valence-corrected chi connectivity index (χ0v) is 10.5. The molecule has 0 radical (unpaired) electrons. The Morgan fingerprint density at radius 1 is 1.05 bits per heavy atom. The van der Waals surface area contributed by atoms with Crippen LogP contribution >= 0.6 is 0 Å². The molecule has 2 N–H and O–H groups in total. The minimum Gasteiger partial charge on any atom is -0.478 e. The highest BCUT2D eigenvalue weighted by Crippen LogP contribution is 2.20. The Kier molecular flexibility index (Phi) is 4.10. The first kappa shape index (κ1) is 13.7. The average molecular weight is 273 g/mol. The summed E-state index contributed by atoms with van der Waals surface area (Å²) in [4.78, 5) is 22.8. The molecule has 0 unspecified atom stereocenters. The maximum Gasteiger partial charge on any atom is 0.337 e. The van der Waals surface area contributed by atoms with Crippen molar-refractivity contribution >= 4 is 17.6 Å². The van der Waals surface area contributed by atoms with Gasteiger partial charge in [-0.3, -0.25) is 4.79 Å². The number of benzene rings is 2. The topological polar surface area (TPSA) is 66.4 Å². The fraction of sp³-hybridized carbons (Fsp3) is 0.0667. The normalized spacial score (nSPS) is 10.1. The zero-order valence-electron chi connectivity index (χ0n) is 10.5. The molecule has 1 amide bonds. The third-order valence-electron chi connectivity index (χ3n) is 2.72. The first-order valence-corrected chi connectivity index (χ1v) is 5.93. The Morgan fingerprint density at radius 3 is 2.40 bits per heavy atom. The van der Waals surface area contributed by atoms with E-state index in [4.69, 9.17) is 5.11 Å². The summed E-state index contributed by atoms with van der Waals surface area (Å²) in [6, 6.07) is 12.5. The average Bonchev–Trinajstić information content (AvgIpc) is 2.42. The van der Waals surface area contributed by atoms with Gasteiger partial charge in [0, 0.05) is 0 Å². The van der Waals surface area contributed by atoms with Crippen molar-refractivity contribution in [2.45, 2.75) is 6.42 Å². The second-order valence-corrected chi connectivity index (χ2v) is 4.18. The van der Waals surface area contributed by atoms with Crippen molar-refractivity contribution in [2.75, 3.05) is 5.32 Å². The van der Waals surface area contributed by atoms with Crippen molar-refractivity contribution in [2.24, 2.45) is 0 Å². The predicted octanol–water partition coefficient (Wildman–Crippen LogP) is 2.71. The predicted molar refractivity (Wildman–Crippen MR) is 72.1 cm³/mol. The number of rotatable bonds is 4. The standard InChI is InChI=1S/C15H12FNO3/c16-12-8-4-7-11(15(19)20)14(12)17-13(18)9-10-5-2-1-3-6-10/h1-8H,9H2,(H,17,18)(H,19,20). The summed E-state index contributed by atoms with van der Waals surface area (Å²) < 4.78 is 13.6. The van der Waals surface area contributed by atoms with Crippen LogP contribution in [0.3, 0.4) is 0 Å². The summed E-state index contributed by atoms with van der Waals surface area (Å²) in [5.41, 5.74) is 0.186. The molecule has 0 aliphatic rings. The van der Waals surface area contributed by atoms with E-state index in [-0.39, 0.29) is 17.7 Å². The number of aromatic carboxylic acids is 1. The maximum absolute atomic E-state index is 13.6. The Morgan fingerprint density at radius 2 is 1.75 bits per heavy atom. The Bertz CT molecular complexity index is 641. The molecular formula is C15H12FNO3. The number of nitrogens with one attached hydrogen (secondary N) is 1. The number of hydrogen-bond acceptors (Lipinski definition) is 2. The Balaban J connectivity index is 2.18. The quantitative estimate of drug-likeness (QED) is 0.900. The smallest absolute Gasteiger partial charge is 0.337 e. The van der Waals surface area contributed by atoms with Crippen LogP contribution in [0.4, 0.5) is 10.1 Å². The van der Waals surface area contributed by atoms with E-state index in [1.807, 2.05) is 6.07 Å². The summed E-state index contributed by atoms with van der Waals surface area (Å²) >= 11 is 0. The van der Waals surface area contributed by atoms with Gasteiger partial charge in [0.15, 0.2) is 0 Å². The molecule has 2 aromatic rings. The van der Waals surface area contributed by atoms with E-state index in [0.717, 1.165) is 11.6 Å². The molecular weight excluding hydrogens is 261 g/mol. The van der Waals surface area contributed by atoms with Gasteiger partial charge < -0.3 is 10.4 Å². The first-order chi connectivity index (χ1) is 9.58. The number of para-hydroxylation sites is 1. The summed E-state index contributed by atoms with van der Waals surface area (Å²) in [7, 11) is 0. The highest BCUT2D eigenvalue weighted by atomic mass is 19.1. The molecule has 0 bridgehead atoms. The second-order valence-electron chi connectivity index (χ2n) is 4.18. The summed E-state index contributed by atoms with van der Waals surface area (Å²) in [5.74, 6) is -2.53. The van der Waals surface area contributed by atoms with Crippen LogP contribution in [0.25, 0.3) is 0 Å². The Hall–Kier alpha value is -2.69. The van der Waals surface area contributed by atoms with E-state index < -0.39 is 17.7 Å². The fourth-order valence-electron chi connectivity index (χ4n) is 1.79. The lowest BCUT2D eigenvalue weighted by atomic mass is 10.1. The van der Waals surface area contributed by atoms with E-state index in [1.54, 1.807) is 24.3 Å². The third kappa shape index (κ3) is 3.20. The minimum absolute atomic E-state index is 0.0498. The number of carboxylic acid groups (broad SMARTS) is 1. The van der Waals surface area contributed by atoms with Crippen LogP contribution in [0.2, 0.25) is 0 Å². The van der Waals surface area contributed by atoms with Crippen LogP contribution in [0.5, 0.6) is 0 Å². The van der Waals surface area contributed by atoms with Crippen molar-refractivity contribution in [3.05, 3.63) is 65.5 Å². The van der Waals surface area contributed by atoms with E-state index in [9.17, 15) is 14.0 Å². The SMILES string of the molecule is O=C(Cc1ccccc1)Nc1c(F)cccc1C(=O)O. The molecule has 0 aliphatic carbocycles. The van der Waals surface area contributed by atoms with Crippen LogP contribution in [0.15, 0.2) is 48.5 Å². The number of carbonyl (C=O) groups is 2. The molecule has 4 nitrogen and oxygen atoms in total. The molecule has 0 aromatic heterocycles. The number of anilines is 1. The van der Waals surface area contributed by atoms with E-state index >= 15 is 0 Å². The number of hydrogen-bond donors (Lipinski definition) is 2. The fourth-order valence-corrected chi connectivity index (χ4v) is 1.79. The van der Waals surface area contributed by atoms with Crippen molar-refractivity contribution in [1.82, 2.24) is 0 Å². The number of halogens is 1. The number of carbonyl (C=O) groups excluding carboxylic acids is 1. The molecule has 0 atom stereocenters. The van der Waals surface area contributed by atoms with Gasteiger partial charge in [0.25, 0.3) is 0 Å². The van der Waals surface area contributed by atoms with Crippen LogP contribution in [-0.2, 0) is 11.2 Å². The highest BCUT2D eigenvalue weighted by Gasteiger charge is 2.16. The molecule has 0 saturated heterocycles. The monoisotopic (exact) mass is 273 g/mol. The van der Waals surface area contributed by atoms with Crippen molar-refractivity contribution in [3.8, 4) is 0 Å². The lowest BCUT2D eigenvalue weighted by molar-refractivity contribution is -0.115. The Labute approximate surface area is 114 Å². The van der Waals surface area contributed by atoms with E-state index in [1.165, 1.54) is 12.1 Å². The lowest BCUT2D eigenvalue weighted by Gasteiger charge is -2.09. The van der Waals surface area contributed by atoms with Crippen molar-refractivity contribution in [1.29, 1.82) is 0 Å². The molecule has 0 saturated carbocycles. The van der Waals surface area contributed by atoms with Crippen LogP contribution in [0, 0.1) is 5.82 Å². The van der Waals surface area contributed by atoms with Gasteiger partial charge in [0.2, 0.25) is 5.91 Å². The highest BCUT2D eigenvalue weighted by molar-refractivity contribution is 6.01. The van der Waals surface area contributed by atoms with Crippen LogP contribution < -0.4 is 5.32 Å². The van der Waals surface area contributed by atoms with Gasteiger partial charge in [0.1, 0.15) is 5.82 Å². The van der Waals surface area contributed by atoms with Gasteiger partial charge >= 0.3 is 5.97 Å². The minimum atomic E-state index is -1.29. The molecule has 2 aromatic carbocycles. The number of carboxylic acids is 1. The van der Waals surface area contributed by atoms with Crippen LogP contribution in [0.1, 0.15) is 15.9 Å². The van der Waals surface area contributed by atoms with E-state index in [0.29, 0.717) is 0 Å². The second kappa shape index (κ2) is 5.97. The lowest BCUT2D eigenvalue weighted by Crippen LogP contribution is -2.18. The summed E-state index contributed by atoms with van der Waals surface area (Å²) in [6.07, 6.45) is 0.0498. The van der Waals surface area contributed by atoms with E-state index in [2.05, 4.69) is 5.32 Å². The van der Waals surface area contributed by atoms with Gasteiger partial charge in [-0.15, -0.1) is 0 Å². The van der Waals surface area contributed by atoms with Crippen LogP contribution in [-0.4, -0.2) is 17.0 Å². The zero-order chi connectivity index (χ0) is 14.5. The van der Waals surface area contributed by atoms with Gasteiger partial charge in [-0.2, -0.15) is 0 Å². The van der Waals surface area contributed by atoms with Crippen molar-refractivity contribution < 1.29 is 19.1 Å². The van der Waals surface area contributed by atoms with Gasteiger partial charge in [-0.05, 0) is 17.7 Å². The van der Waals surface area contributed by atoms with Gasteiger partial charge in [-0.1, -0.05) is 36.4 Å². The first-order valence-electron chi connectivity index (χ1n) is 5.93. The molecule has 102 valence electrons. The van der Waals surface area contributed by atoms with Gasteiger partial charge in [0.05, 0.1) is 17.7 Å². The summed E-state index contributed by atoms with van der Waals surface area (Å²) in [6.45, 7) is 0.